The number of nitrogens with one attached hydrogen (secondary N) is 1. The van der Waals surface area contributed by atoms with Crippen LogP contribution in [0.15, 0.2) is 47.4 Å². The van der Waals surface area contributed by atoms with Crippen LogP contribution in [0.1, 0.15) is 27.0 Å². The smallest absolute Gasteiger partial charge is 0.459 e. The molecule has 0 saturated carbocycles. The molecule has 1 fully saturated rings. The molecule has 0 aliphatic carbocycles. The number of aliphatic hydroxyl groups excluding tert-OH is 1. The predicted molar refractivity (Wildman–Crippen MR) is 125 cm³/mol. The number of benzene rings is 1. The number of aromatic nitrogens is 2. The van der Waals surface area contributed by atoms with Gasteiger partial charge in [0.05, 0.1) is 18.8 Å². The SMILES string of the molecule is CC(C)OC(=O)[C@H](C)N[P@](=O)(OC[C@H]1O[C@@H](n2ccc(N)nc2=O)[C@H](N)[C@@H]1O)Oc1ccccc1. The third kappa shape index (κ3) is 6.88. The van der Waals surface area contributed by atoms with Gasteiger partial charge in [0.1, 0.15) is 29.8 Å². The quantitative estimate of drug-likeness (QED) is 0.256. The molecule has 1 aromatic carbocycles. The number of nitrogens with two attached hydrogens (primary N) is 2. The lowest BCUT2D eigenvalue weighted by Crippen LogP contribution is -2.42. The highest BCUT2D eigenvalue weighted by Gasteiger charge is 2.44. The summed E-state index contributed by atoms with van der Waals surface area (Å²) < 4.78 is 36.6. The summed E-state index contributed by atoms with van der Waals surface area (Å²) in [5.41, 5.74) is 10.9. The van der Waals surface area contributed by atoms with Gasteiger partial charge in [-0.3, -0.25) is 13.9 Å². The Morgan fingerprint density at radius 1 is 1.29 bits per heavy atom. The van der Waals surface area contributed by atoms with Crippen LogP contribution in [0, 0.1) is 0 Å². The van der Waals surface area contributed by atoms with E-state index in [-0.39, 0.29) is 17.7 Å². The van der Waals surface area contributed by atoms with Crippen molar-refractivity contribution in [3.05, 3.63) is 53.1 Å². The number of rotatable bonds is 10. The van der Waals surface area contributed by atoms with Crippen LogP contribution in [0.25, 0.3) is 0 Å². The van der Waals surface area contributed by atoms with Crippen molar-refractivity contribution in [1.29, 1.82) is 0 Å². The number of hydrogen-bond donors (Lipinski definition) is 4. The summed E-state index contributed by atoms with van der Waals surface area (Å²) in [6.07, 6.45) is -2.46. The Hall–Kier alpha value is -2.80. The average Bonchev–Trinajstić information content (AvgIpc) is 3.06. The van der Waals surface area contributed by atoms with E-state index in [0.717, 1.165) is 4.57 Å². The highest BCUT2D eigenvalue weighted by atomic mass is 31.2. The lowest BCUT2D eigenvalue weighted by Gasteiger charge is -2.25. The third-order valence-corrected chi connectivity index (χ3v) is 6.62. The maximum atomic E-state index is 13.6. The summed E-state index contributed by atoms with van der Waals surface area (Å²) in [6.45, 7) is 4.37. The number of nitrogens with zero attached hydrogens (tertiary/aromatic N) is 2. The number of aliphatic hydroxyl groups is 1. The Balaban J connectivity index is 1.75. The molecule has 0 radical (unpaired) electrons. The zero-order chi connectivity index (χ0) is 25.8. The van der Waals surface area contributed by atoms with Crippen molar-refractivity contribution in [2.45, 2.75) is 57.4 Å². The normalized spacial score (nSPS) is 24.6. The van der Waals surface area contributed by atoms with Crippen molar-refractivity contribution >= 4 is 19.5 Å². The molecular formula is C21H30N5O8P. The van der Waals surface area contributed by atoms with Crippen molar-refractivity contribution in [3.8, 4) is 5.75 Å². The minimum Gasteiger partial charge on any atom is -0.462 e. The number of carbonyl (C=O) groups excluding carboxylic acids is 1. The first-order valence-corrected chi connectivity index (χ1v) is 12.4. The van der Waals surface area contributed by atoms with Crippen molar-refractivity contribution in [1.82, 2.24) is 14.6 Å². The molecule has 1 aliphatic heterocycles. The van der Waals surface area contributed by atoms with E-state index in [0.29, 0.717) is 0 Å². The van der Waals surface area contributed by atoms with Crippen LogP contribution >= 0.6 is 7.75 Å². The van der Waals surface area contributed by atoms with Gasteiger partial charge in [0.2, 0.25) is 0 Å². The molecule has 35 heavy (non-hydrogen) atoms. The summed E-state index contributed by atoms with van der Waals surface area (Å²) in [5.74, 6) is -0.418. The molecule has 0 bridgehead atoms. The second-order valence-electron chi connectivity index (χ2n) is 8.21. The van der Waals surface area contributed by atoms with Crippen LogP contribution in [-0.4, -0.2) is 57.6 Å². The molecule has 3 rings (SSSR count). The van der Waals surface area contributed by atoms with E-state index in [1.807, 2.05) is 0 Å². The van der Waals surface area contributed by atoms with Crippen LogP contribution in [0.2, 0.25) is 0 Å². The van der Waals surface area contributed by atoms with Crippen LogP contribution in [0.3, 0.4) is 0 Å². The largest absolute Gasteiger partial charge is 0.462 e. The number of nitrogen functional groups attached to an aromatic ring is 1. The monoisotopic (exact) mass is 511 g/mol. The van der Waals surface area contributed by atoms with E-state index >= 15 is 0 Å². The lowest BCUT2D eigenvalue weighted by atomic mass is 10.1. The highest BCUT2D eigenvalue weighted by molar-refractivity contribution is 7.52. The lowest BCUT2D eigenvalue weighted by molar-refractivity contribution is -0.149. The van der Waals surface area contributed by atoms with Crippen molar-refractivity contribution < 1.29 is 33.0 Å². The van der Waals surface area contributed by atoms with Gasteiger partial charge in [-0.25, -0.2) is 9.36 Å². The Morgan fingerprint density at radius 3 is 2.60 bits per heavy atom. The molecule has 2 aromatic rings. The molecule has 13 nitrogen and oxygen atoms in total. The minimum atomic E-state index is -4.18. The molecule has 0 spiro atoms. The maximum Gasteiger partial charge on any atom is 0.459 e. The van der Waals surface area contributed by atoms with Crippen molar-refractivity contribution in [2.24, 2.45) is 5.73 Å². The Morgan fingerprint density at radius 2 is 1.97 bits per heavy atom. The van der Waals surface area contributed by atoms with Crippen molar-refractivity contribution in [3.63, 3.8) is 0 Å². The number of anilines is 1. The molecule has 2 heterocycles. The van der Waals surface area contributed by atoms with Crippen LogP contribution < -0.4 is 26.8 Å². The Labute approximate surface area is 201 Å². The van der Waals surface area contributed by atoms with Crippen LogP contribution in [-0.2, 0) is 23.4 Å². The fraction of sp³-hybridized carbons (Fsp3) is 0.476. The number of para-hydroxylation sites is 1. The van der Waals surface area contributed by atoms with E-state index < -0.39 is 56.5 Å². The van der Waals surface area contributed by atoms with Gasteiger partial charge in [0.15, 0.2) is 6.23 Å². The Bertz CT molecular complexity index is 1110. The summed E-state index contributed by atoms with van der Waals surface area (Å²) in [5, 5.41) is 13.1. The average molecular weight is 511 g/mol. The molecule has 0 amide bonds. The van der Waals surface area contributed by atoms with Gasteiger partial charge in [-0.05, 0) is 39.0 Å². The van der Waals surface area contributed by atoms with E-state index in [4.69, 9.17) is 30.0 Å². The van der Waals surface area contributed by atoms with Gasteiger partial charge in [0.25, 0.3) is 0 Å². The summed E-state index contributed by atoms with van der Waals surface area (Å²) in [6, 6.07) is 7.52. The first kappa shape index (κ1) is 26.8. The van der Waals surface area contributed by atoms with E-state index in [2.05, 4.69) is 10.1 Å². The van der Waals surface area contributed by atoms with E-state index in [9.17, 15) is 19.3 Å². The zero-order valence-corrected chi connectivity index (χ0v) is 20.4. The molecular weight excluding hydrogens is 481 g/mol. The summed E-state index contributed by atoms with van der Waals surface area (Å²) >= 11 is 0. The van der Waals surface area contributed by atoms with Gasteiger partial charge < -0.3 is 30.6 Å². The van der Waals surface area contributed by atoms with Gasteiger partial charge in [-0.2, -0.15) is 10.1 Å². The number of carbonyl (C=O) groups is 1. The second-order valence-corrected chi connectivity index (χ2v) is 9.90. The molecule has 0 unspecified atom stereocenters. The van der Waals surface area contributed by atoms with E-state index in [1.54, 1.807) is 44.2 Å². The van der Waals surface area contributed by atoms with Gasteiger partial charge >= 0.3 is 19.4 Å². The fourth-order valence-electron chi connectivity index (χ4n) is 3.28. The highest BCUT2D eigenvalue weighted by Crippen LogP contribution is 2.45. The maximum absolute atomic E-state index is 13.6. The van der Waals surface area contributed by atoms with Gasteiger partial charge in [-0.1, -0.05) is 18.2 Å². The Kier molecular flexibility index (Phi) is 8.65. The summed E-state index contributed by atoms with van der Waals surface area (Å²) in [4.78, 5) is 28.0. The second kappa shape index (κ2) is 11.3. The minimum absolute atomic E-state index is 0.0217. The third-order valence-electron chi connectivity index (χ3n) is 4.98. The molecule has 1 aliphatic rings. The molecule has 14 heteroatoms. The van der Waals surface area contributed by atoms with Crippen molar-refractivity contribution in [2.75, 3.05) is 12.3 Å². The molecule has 1 aromatic heterocycles. The fourth-order valence-corrected chi connectivity index (χ4v) is 4.78. The van der Waals surface area contributed by atoms with Gasteiger partial charge in [-0.15, -0.1) is 0 Å². The first-order valence-electron chi connectivity index (χ1n) is 10.9. The summed E-state index contributed by atoms with van der Waals surface area (Å²) in [7, 11) is -4.18. The number of esters is 1. The van der Waals surface area contributed by atoms with Crippen LogP contribution in [0.4, 0.5) is 5.82 Å². The molecule has 6 N–H and O–H groups in total. The van der Waals surface area contributed by atoms with Gasteiger partial charge in [0, 0.05) is 6.20 Å². The molecule has 1 saturated heterocycles. The van der Waals surface area contributed by atoms with Crippen LogP contribution in [0.5, 0.6) is 5.75 Å². The zero-order valence-electron chi connectivity index (χ0n) is 19.5. The number of ether oxygens (including phenoxy) is 2. The predicted octanol–water partition coefficient (Wildman–Crippen LogP) is 0.545. The standard InChI is InChI=1S/C21H30N5O8P/c1-12(2)32-20(28)13(3)25-35(30,34-14-7-5-4-6-8-14)31-11-15-18(27)17(23)19(33-15)26-10-9-16(22)24-21(26)29/h4-10,12-13,15,17-19,27H,11,23H2,1-3H3,(H,25,30)(H2,22,24,29)/t13-,15+,17+,18+,19+,35-/m0/s1. The molecule has 192 valence electrons. The topological polar surface area (TPSA) is 190 Å². The first-order chi connectivity index (χ1) is 16.5. The molecule has 6 atom stereocenters. The number of hydrogen-bond acceptors (Lipinski definition) is 11. The van der Waals surface area contributed by atoms with E-state index in [1.165, 1.54) is 19.2 Å².